The molecule has 0 saturated carbocycles. The molecule has 0 spiro atoms. The van der Waals surface area contributed by atoms with Crippen molar-refractivity contribution in [3.8, 4) is 11.1 Å². The van der Waals surface area contributed by atoms with Gasteiger partial charge in [0.25, 0.3) is 5.91 Å². The van der Waals surface area contributed by atoms with Crippen LogP contribution in [0, 0.1) is 6.92 Å². The van der Waals surface area contributed by atoms with Crippen LogP contribution in [-0.2, 0) is 6.18 Å². The van der Waals surface area contributed by atoms with E-state index in [2.05, 4.69) is 15.3 Å². The quantitative estimate of drug-likeness (QED) is 0.389. The Labute approximate surface area is 186 Å². The van der Waals surface area contributed by atoms with E-state index in [1.807, 2.05) is 25.1 Å². The molecule has 3 N–H and O–H groups in total. The van der Waals surface area contributed by atoms with Crippen molar-refractivity contribution < 1.29 is 18.0 Å². The molecule has 1 aromatic heterocycles. The van der Waals surface area contributed by atoms with E-state index in [0.717, 1.165) is 46.3 Å². The SMILES string of the molecule is Cc1c(Cl)cc(NC(=O)c2ccc(C(F)(F)F)cc2)cc1-c1ccc2nc(N)ncc2c1. The van der Waals surface area contributed by atoms with Gasteiger partial charge >= 0.3 is 6.18 Å². The molecule has 3 aromatic carbocycles. The lowest BCUT2D eigenvalue weighted by atomic mass is 9.98. The number of carbonyl (C=O) groups excluding carboxylic acids is 1. The highest BCUT2D eigenvalue weighted by Crippen LogP contribution is 2.34. The largest absolute Gasteiger partial charge is 0.416 e. The molecule has 0 fully saturated rings. The first-order valence-electron chi connectivity index (χ1n) is 9.43. The maximum absolute atomic E-state index is 12.7. The van der Waals surface area contributed by atoms with Gasteiger partial charge in [-0.2, -0.15) is 13.2 Å². The second-order valence-electron chi connectivity index (χ2n) is 7.16. The van der Waals surface area contributed by atoms with Crippen LogP contribution in [0.2, 0.25) is 5.02 Å². The summed E-state index contributed by atoms with van der Waals surface area (Å²) in [5.74, 6) is -0.371. The minimum atomic E-state index is -4.47. The molecule has 1 amide bonds. The van der Waals surface area contributed by atoms with E-state index in [-0.39, 0.29) is 11.5 Å². The molecule has 0 saturated heterocycles. The maximum Gasteiger partial charge on any atom is 0.416 e. The minimum Gasteiger partial charge on any atom is -0.368 e. The predicted molar refractivity (Wildman–Crippen MR) is 119 cm³/mol. The van der Waals surface area contributed by atoms with E-state index in [0.29, 0.717) is 16.2 Å². The van der Waals surface area contributed by atoms with Gasteiger partial charge in [0.1, 0.15) is 0 Å². The van der Waals surface area contributed by atoms with Crippen molar-refractivity contribution in [3.63, 3.8) is 0 Å². The number of alkyl halides is 3. The van der Waals surface area contributed by atoms with E-state index in [4.69, 9.17) is 17.3 Å². The van der Waals surface area contributed by atoms with Crippen LogP contribution in [0.5, 0.6) is 0 Å². The number of benzene rings is 3. The van der Waals surface area contributed by atoms with Crippen LogP contribution in [0.1, 0.15) is 21.5 Å². The van der Waals surface area contributed by atoms with Crippen molar-refractivity contribution >= 4 is 40.0 Å². The fourth-order valence-corrected chi connectivity index (χ4v) is 3.50. The van der Waals surface area contributed by atoms with Crippen LogP contribution in [0.15, 0.2) is 60.8 Å². The lowest BCUT2D eigenvalue weighted by Gasteiger charge is -2.13. The summed E-state index contributed by atoms with van der Waals surface area (Å²) in [6.07, 6.45) is -2.85. The van der Waals surface area contributed by atoms with Crippen molar-refractivity contribution in [1.82, 2.24) is 9.97 Å². The Bertz CT molecular complexity index is 1340. The zero-order valence-corrected chi connectivity index (χ0v) is 17.4. The van der Waals surface area contributed by atoms with Gasteiger partial charge in [-0.3, -0.25) is 4.79 Å². The molecule has 162 valence electrons. The second kappa shape index (κ2) is 8.12. The van der Waals surface area contributed by atoms with Crippen molar-refractivity contribution in [3.05, 3.63) is 82.5 Å². The van der Waals surface area contributed by atoms with E-state index in [1.165, 1.54) is 0 Å². The van der Waals surface area contributed by atoms with E-state index < -0.39 is 17.6 Å². The van der Waals surface area contributed by atoms with Gasteiger partial charge in [-0.1, -0.05) is 17.7 Å². The fourth-order valence-electron chi connectivity index (χ4n) is 3.28. The molecule has 5 nitrogen and oxygen atoms in total. The summed E-state index contributed by atoms with van der Waals surface area (Å²) in [7, 11) is 0. The van der Waals surface area contributed by atoms with Gasteiger partial charge in [0.2, 0.25) is 5.95 Å². The second-order valence-corrected chi connectivity index (χ2v) is 7.57. The van der Waals surface area contributed by atoms with Crippen LogP contribution in [0.25, 0.3) is 22.0 Å². The number of hydrogen-bond acceptors (Lipinski definition) is 4. The number of halogens is 4. The summed E-state index contributed by atoms with van der Waals surface area (Å²) in [5.41, 5.74) is 8.41. The van der Waals surface area contributed by atoms with E-state index in [9.17, 15) is 18.0 Å². The fraction of sp³-hybridized carbons (Fsp3) is 0.0870. The number of rotatable bonds is 3. The third kappa shape index (κ3) is 4.36. The average molecular weight is 457 g/mol. The van der Waals surface area contributed by atoms with Gasteiger partial charge in [0.15, 0.2) is 0 Å². The Kier molecular flexibility index (Phi) is 5.48. The van der Waals surface area contributed by atoms with Gasteiger partial charge in [0.05, 0.1) is 11.1 Å². The maximum atomic E-state index is 12.7. The first-order chi connectivity index (χ1) is 15.1. The monoisotopic (exact) mass is 456 g/mol. The molecular formula is C23H16ClF3N4O. The van der Waals surface area contributed by atoms with Crippen molar-refractivity contribution in [2.45, 2.75) is 13.1 Å². The Morgan fingerprint density at radius 1 is 1.06 bits per heavy atom. The molecule has 32 heavy (non-hydrogen) atoms. The number of carbonyl (C=O) groups is 1. The van der Waals surface area contributed by atoms with Crippen LogP contribution in [-0.4, -0.2) is 15.9 Å². The molecule has 9 heteroatoms. The van der Waals surface area contributed by atoms with Crippen molar-refractivity contribution in [1.29, 1.82) is 0 Å². The summed E-state index contributed by atoms with van der Waals surface area (Å²) in [6, 6.07) is 12.9. The van der Waals surface area contributed by atoms with Crippen LogP contribution in [0.3, 0.4) is 0 Å². The first kappa shape index (κ1) is 21.6. The zero-order valence-electron chi connectivity index (χ0n) is 16.7. The number of hydrogen-bond donors (Lipinski definition) is 2. The summed E-state index contributed by atoms with van der Waals surface area (Å²) in [4.78, 5) is 20.7. The van der Waals surface area contributed by atoms with E-state index >= 15 is 0 Å². The third-order valence-electron chi connectivity index (χ3n) is 4.99. The highest BCUT2D eigenvalue weighted by molar-refractivity contribution is 6.32. The lowest BCUT2D eigenvalue weighted by Crippen LogP contribution is -2.13. The minimum absolute atomic E-state index is 0.0942. The number of fused-ring (bicyclic) bond motifs is 1. The normalized spacial score (nSPS) is 11.5. The number of nitrogens with two attached hydrogens (primary N) is 1. The smallest absolute Gasteiger partial charge is 0.368 e. The molecule has 0 bridgehead atoms. The number of amides is 1. The highest BCUT2D eigenvalue weighted by atomic mass is 35.5. The molecule has 1 heterocycles. The Morgan fingerprint density at radius 2 is 1.78 bits per heavy atom. The summed E-state index contributed by atoms with van der Waals surface area (Å²) in [5, 5.41) is 3.91. The summed E-state index contributed by atoms with van der Waals surface area (Å²) < 4.78 is 38.2. The van der Waals surface area contributed by atoms with Crippen LogP contribution in [0.4, 0.5) is 24.8 Å². The van der Waals surface area contributed by atoms with Gasteiger partial charge in [0, 0.05) is 27.9 Å². The average Bonchev–Trinajstić information content (AvgIpc) is 2.75. The molecule has 0 aliphatic carbocycles. The molecular weight excluding hydrogens is 441 g/mol. The molecule has 4 rings (SSSR count). The molecule has 0 aliphatic rings. The molecule has 0 unspecified atom stereocenters. The van der Waals surface area contributed by atoms with Gasteiger partial charge in [-0.25, -0.2) is 9.97 Å². The van der Waals surface area contributed by atoms with E-state index in [1.54, 1.807) is 18.3 Å². The van der Waals surface area contributed by atoms with Crippen molar-refractivity contribution in [2.24, 2.45) is 0 Å². The van der Waals surface area contributed by atoms with Gasteiger partial charge < -0.3 is 11.1 Å². The van der Waals surface area contributed by atoms with Crippen LogP contribution < -0.4 is 11.1 Å². The molecule has 0 aliphatic heterocycles. The molecule has 0 radical (unpaired) electrons. The number of aromatic nitrogens is 2. The Balaban J connectivity index is 1.65. The van der Waals surface area contributed by atoms with Crippen LogP contribution >= 0.6 is 11.6 Å². The molecule has 4 aromatic rings. The van der Waals surface area contributed by atoms with Gasteiger partial charge in [-0.15, -0.1) is 0 Å². The zero-order chi connectivity index (χ0) is 23.0. The van der Waals surface area contributed by atoms with Gasteiger partial charge in [-0.05, 0) is 72.1 Å². The van der Waals surface area contributed by atoms with Crippen molar-refractivity contribution in [2.75, 3.05) is 11.1 Å². The first-order valence-corrected chi connectivity index (χ1v) is 9.81. The number of nitrogen functional groups attached to an aromatic ring is 1. The lowest BCUT2D eigenvalue weighted by molar-refractivity contribution is -0.137. The molecule has 0 atom stereocenters. The summed E-state index contributed by atoms with van der Waals surface area (Å²) in [6.45, 7) is 1.85. The predicted octanol–water partition coefficient (Wildman–Crippen LogP) is 6.11. The topological polar surface area (TPSA) is 80.9 Å². The Morgan fingerprint density at radius 3 is 2.47 bits per heavy atom. The Hall–Kier alpha value is -3.65. The highest BCUT2D eigenvalue weighted by Gasteiger charge is 2.30. The number of nitrogens with one attached hydrogen (secondary N) is 1. The third-order valence-corrected chi connectivity index (χ3v) is 5.38. The number of anilines is 2. The standard InChI is InChI=1S/C23H16ClF3N4O/c1-12-18(14-4-7-20-15(8-14)11-29-22(28)31-20)9-17(10-19(12)24)30-21(32)13-2-5-16(6-3-13)23(25,26)27/h2-11H,1H3,(H,30,32)(H2,28,29,31). The summed E-state index contributed by atoms with van der Waals surface area (Å²) >= 11 is 6.39. The number of nitrogens with zero attached hydrogens (tertiary/aromatic N) is 2.